The molecule has 242 valence electrons. The molecule has 0 amide bonds. The Morgan fingerprint density at radius 1 is 0.385 bits per heavy atom. The molecule has 7 aromatic carbocycles. The first-order valence-corrected chi connectivity index (χ1v) is 18.1. The van der Waals surface area contributed by atoms with E-state index in [0.717, 1.165) is 48.7 Å². The van der Waals surface area contributed by atoms with Gasteiger partial charge in [0.1, 0.15) is 6.07 Å². The van der Waals surface area contributed by atoms with E-state index in [0.29, 0.717) is 23.0 Å². The maximum Gasteiger partial charge on any atom is 0.165 e. The Morgan fingerprint density at radius 2 is 0.827 bits per heavy atom. The molecule has 0 saturated heterocycles. The Morgan fingerprint density at radius 3 is 1.46 bits per heavy atom. The van der Waals surface area contributed by atoms with Crippen molar-refractivity contribution in [2.75, 3.05) is 0 Å². The second kappa shape index (κ2) is 12.0. The lowest BCUT2D eigenvalue weighted by molar-refractivity contribution is 0.721. The summed E-state index contributed by atoms with van der Waals surface area (Å²) >= 11 is 1.65. The number of hydrogen-bond donors (Lipinski definition) is 0. The third-order valence-electron chi connectivity index (χ3n) is 10.3. The van der Waals surface area contributed by atoms with Gasteiger partial charge in [0.15, 0.2) is 17.5 Å². The fourth-order valence-electron chi connectivity index (χ4n) is 8.00. The summed E-state index contributed by atoms with van der Waals surface area (Å²) < 4.78 is 0. The van der Waals surface area contributed by atoms with E-state index in [2.05, 4.69) is 127 Å². The zero-order valence-electron chi connectivity index (χ0n) is 27.9. The second-order valence-corrected chi connectivity index (χ2v) is 14.1. The van der Waals surface area contributed by atoms with Gasteiger partial charge in [-0.05, 0) is 50.6 Å². The van der Waals surface area contributed by atoms with Crippen LogP contribution in [0.2, 0.25) is 0 Å². The molecule has 0 N–H and O–H groups in total. The SMILES string of the molecule is N#Cc1cccc2c1Sc1c(-c3nc(-c4ccccc4)nc(-c4ccc(-c5ccccc5)cc4)n3)cccc1C21c2ccccc2-c2ccccc21. The quantitative estimate of drug-likeness (QED) is 0.185. The molecule has 1 spiro atoms. The highest BCUT2D eigenvalue weighted by Crippen LogP contribution is 2.63. The topological polar surface area (TPSA) is 62.5 Å². The molecule has 2 heterocycles. The molecule has 0 bridgehead atoms. The van der Waals surface area contributed by atoms with E-state index in [1.54, 1.807) is 11.8 Å². The number of aromatic nitrogens is 3. The van der Waals surface area contributed by atoms with Crippen LogP contribution in [-0.2, 0) is 5.41 Å². The molecule has 0 fully saturated rings. The summed E-state index contributed by atoms with van der Waals surface area (Å²) in [6, 6.07) is 61.4. The summed E-state index contributed by atoms with van der Waals surface area (Å²) in [6.45, 7) is 0. The Bertz CT molecular complexity index is 2670. The minimum absolute atomic E-state index is 0.591. The Hall–Kier alpha value is -6.61. The van der Waals surface area contributed by atoms with Crippen molar-refractivity contribution in [1.29, 1.82) is 5.26 Å². The van der Waals surface area contributed by atoms with Gasteiger partial charge in [-0.25, -0.2) is 15.0 Å². The number of nitrogens with zero attached hydrogens (tertiary/aromatic N) is 4. The summed E-state index contributed by atoms with van der Waals surface area (Å²) in [7, 11) is 0. The van der Waals surface area contributed by atoms with Crippen LogP contribution in [0.15, 0.2) is 180 Å². The van der Waals surface area contributed by atoms with Crippen molar-refractivity contribution in [2.45, 2.75) is 15.2 Å². The average Bonchev–Trinajstić information content (AvgIpc) is 3.52. The summed E-state index contributed by atoms with van der Waals surface area (Å²) in [6.07, 6.45) is 0. The molecule has 2 aliphatic rings. The van der Waals surface area contributed by atoms with Crippen molar-refractivity contribution in [2.24, 2.45) is 0 Å². The standard InChI is InChI=1S/C47H28N4S/c48-29-34-17-11-23-40-42(34)52-43-37(20-12-24-41(43)47(40)38-21-9-7-18-35(38)36-19-8-10-22-39(36)47)46-50-44(32-15-5-2-6-16-32)49-45(51-46)33-27-25-31(26-28-33)30-13-3-1-4-14-30/h1-28H. The zero-order chi connectivity index (χ0) is 34.6. The highest BCUT2D eigenvalue weighted by atomic mass is 32.2. The van der Waals surface area contributed by atoms with E-state index in [9.17, 15) is 5.26 Å². The minimum Gasteiger partial charge on any atom is -0.208 e. The van der Waals surface area contributed by atoms with Gasteiger partial charge in [-0.1, -0.05) is 176 Å². The lowest BCUT2D eigenvalue weighted by atomic mass is 9.67. The molecular weight excluding hydrogens is 653 g/mol. The van der Waals surface area contributed by atoms with Crippen LogP contribution in [0.25, 0.3) is 56.4 Å². The van der Waals surface area contributed by atoms with Crippen LogP contribution in [0.3, 0.4) is 0 Å². The molecule has 0 radical (unpaired) electrons. The van der Waals surface area contributed by atoms with Gasteiger partial charge in [0, 0.05) is 26.5 Å². The lowest BCUT2D eigenvalue weighted by Crippen LogP contribution is -2.32. The normalized spacial score (nSPS) is 13.1. The van der Waals surface area contributed by atoms with Gasteiger partial charge >= 0.3 is 0 Å². The fraction of sp³-hybridized carbons (Fsp3) is 0.0213. The first-order valence-electron chi connectivity index (χ1n) is 17.3. The van der Waals surface area contributed by atoms with E-state index in [4.69, 9.17) is 15.0 Å². The Balaban J connectivity index is 1.23. The fourth-order valence-corrected chi connectivity index (χ4v) is 9.35. The molecule has 0 unspecified atom stereocenters. The van der Waals surface area contributed by atoms with Gasteiger partial charge in [0.2, 0.25) is 0 Å². The van der Waals surface area contributed by atoms with Crippen LogP contribution in [0, 0.1) is 11.3 Å². The van der Waals surface area contributed by atoms with E-state index in [1.807, 2.05) is 48.5 Å². The molecule has 4 nitrogen and oxygen atoms in total. The Labute approximate surface area is 306 Å². The van der Waals surface area contributed by atoms with Crippen LogP contribution in [-0.4, -0.2) is 15.0 Å². The van der Waals surface area contributed by atoms with E-state index >= 15 is 0 Å². The van der Waals surface area contributed by atoms with Crippen LogP contribution in [0.5, 0.6) is 0 Å². The highest BCUT2D eigenvalue weighted by molar-refractivity contribution is 7.99. The number of fused-ring (bicyclic) bond motifs is 9. The summed E-state index contributed by atoms with van der Waals surface area (Å²) in [4.78, 5) is 17.4. The van der Waals surface area contributed by atoms with E-state index < -0.39 is 5.41 Å². The molecule has 8 aromatic rings. The largest absolute Gasteiger partial charge is 0.208 e. The maximum atomic E-state index is 10.5. The van der Waals surface area contributed by atoms with Crippen LogP contribution in [0.4, 0.5) is 0 Å². The summed E-state index contributed by atoms with van der Waals surface area (Å²) in [5.74, 6) is 1.80. The second-order valence-electron chi connectivity index (χ2n) is 13.0. The minimum atomic E-state index is -0.628. The molecule has 1 aliphatic heterocycles. The number of rotatable bonds is 4. The Kier molecular flexibility index (Phi) is 6.99. The van der Waals surface area contributed by atoms with Crippen molar-refractivity contribution in [1.82, 2.24) is 15.0 Å². The molecule has 10 rings (SSSR count). The predicted molar refractivity (Wildman–Crippen MR) is 208 cm³/mol. The predicted octanol–water partition coefficient (Wildman–Crippen LogP) is 11.2. The lowest BCUT2D eigenvalue weighted by Gasteiger charge is -2.40. The number of benzene rings is 7. The molecule has 52 heavy (non-hydrogen) atoms. The smallest absolute Gasteiger partial charge is 0.165 e. The molecule has 1 aromatic heterocycles. The molecule has 0 saturated carbocycles. The van der Waals surface area contributed by atoms with Gasteiger partial charge in [-0.15, -0.1) is 0 Å². The highest BCUT2D eigenvalue weighted by Gasteiger charge is 2.51. The third kappa shape index (κ3) is 4.52. The van der Waals surface area contributed by atoms with Gasteiger partial charge in [-0.2, -0.15) is 5.26 Å². The summed E-state index contributed by atoms with van der Waals surface area (Å²) in [5.41, 5.74) is 12.2. The van der Waals surface area contributed by atoms with Crippen molar-refractivity contribution in [3.05, 3.63) is 198 Å². The van der Waals surface area contributed by atoms with Crippen LogP contribution >= 0.6 is 11.8 Å². The molecule has 1 aliphatic carbocycles. The number of nitriles is 1. The first-order chi connectivity index (χ1) is 25.7. The maximum absolute atomic E-state index is 10.5. The zero-order valence-corrected chi connectivity index (χ0v) is 28.7. The molecule has 0 atom stereocenters. The van der Waals surface area contributed by atoms with Crippen molar-refractivity contribution in [3.8, 4) is 62.5 Å². The van der Waals surface area contributed by atoms with Crippen molar-refractivity contribution >= 4 is 11.8 Å². The van der Waals surface area contributed by atoms with Crippen molar-refractivity contribution in [3.63, 3.8) is 0 Å². The van der Waals surface area contributed by atoms with Gasteiger partial charge < -0.3 is 0 Å². The monoisotopic (exact) mass is 680 g/mol. The van der Waals surface area contributed by atoms with E-state index in [1.165, 1.54) is 22.3 Å². The van der Waals surface area contributed by atoms with Gasteiger partial charge in [-0.3, -0.25) is 0 Å². The summed E-state index contributed by atoms with van der Waals surface area (Å²) in [5, 5.41) is 10.5. The van der Waals surface area contributed by atoms with Crippen LogP contribution < -0.4 is 0 Å². The van der Waals surface area contributed by atoms with Crippen LogP contribution in [0.1, 0.15) is 27.8 Å². The molecule has 5 heteroatoms. The van der Waals surface area contributed by atoms with Gasteiger partial charge in [0.25, 0.3) is 0 Å². The van der Waals surface area contributed by atoms with E-state index in [-0.39, 0.29) is 0 Å². The van der Waals surface area contributed by atoms with Gasteiger partial charge in [0.05, 0.1) is 11.0 Å². The number of hydrogen-bond acceptors (Lipinski definition) is 5. The van der Waals surface area contributed by atoms with Crippen molar-refractivity contribution < 1.29 is 0 Å². The molecular formula is C47H28N4S. The first kappa shape index (κ1) is 30.2. The average molecular weight is 681 g/mol. The third-order valence-corrected chi connectivity index (χ3v) is 11.6.